The fourth-order valence-electron chi connectivity index (χ4n) is 2.22. The van der Waals surface area contributed by atoms with Gasteiger partial charge in [-0.3, -0.25) is 9.79 Å². The first-order valence-electron chi connectivity index (χ1n) is 7.94. The second-order valence-corrected chi connectivity index (χ2v) is 5.99. The van der Waals surface area contributed by atoms with Crippen molar-refractivity contribution in [2.45, 2.75) is 25.9 Å². The second-order valence-electron chi connectivity index (χ2n) is 5.99. The molecule has 0 aliphatic heterocycles. The number of aryl methyl sites for hydroxylation is 1. The van der Waals surface area contributed by atoms with Crippen molar-refractivity contribution < 1.29 is 18.0 Å². The minimum absolute atomic E-state index is 0. The Balaban J connectivity index is 0.00000625. The van der Waals surface area contributed by atoms with Gasteiger partial charge in [-0.15, -0.1) is 24.0 Å². The van der Waals surface area contributed by atoms with Gasteiger partial charge in [0, 0.05) is 20.6 Å². The maximum Gasteiger partial charge on any atom is 0.406 e. The number of halogens is 4. The number of benzene rings is 1. The summed E-state index contributed by atoms with van der Waals surface area (Å²) in [7, 11) is 2.66. The number of hydrogen-bond acceptors (Lipinski definition) is 2. The highest BCUT2D eigenvalue weighted by Crippen LogP contribution is 2.16. The normalized spacial score (nSPS) is 12.8. The molecule has 148 valence electrons. The fraction of sp³-hybridized carbons (Fsp3) is 0.529. The summed E-state index contributed by atoms with van der Waals surface area (Å²) in [5.74, 6) is -0.0812. The zero-order valence-corrected chi connectivity index (χ0v) is 17.7. The summed E-state index contributed by atoms with van der Waals surface area (Å²) in [5, 5.41) is 5.81. The van der Waals surface area contributed by atoms with Crippen molar-refractivity contribution in [2.24, 2.45) is 4.99 Å². The number of nitrogens with one attached hydrogen (secondary N) is 2. The lowest BCUT2D eigenvalue weighted by Crippen LogP contribution is -2.46. The van der Waals surface area contributed by atoms with Gasteiger partial charge in [0.15, 0.2) is 5.96 Å². The molecule has 0 saturated carbocycles. The van der Waals surface area contributed by atoms with Gasteiger partial charge in [-0.25, -0.2) is 0 Å². The molecule has 2 N–H and O–H groups in total. The van der Waals surface area contributed by atoms with Crippen LogP contribution in [0.3, 0.4) is 0 Å². The van der Waals surface area contributed by atoms with E-state index in [9.17, 15) is 18.0 Å². The van der Waals surface area contributed by atoms with Crippen LogP contribution in [0.15, 0.2) is 29.3 Å². The predicted molar refractivity (Wildman–Crippen MR) is 108 cm³/mol. The van der Waals surface area contributed by atoms with Crippen molar-refractivity contribution in [1.82, 2.24) is 15.5 Å². The van der Waals surface area contributed by atoms with Crippen LogP contribution < -0.4 is 10.6 Å². The molecule has 0 aliphatic carbocycles. The van der Waals surface area contributed by atoms with Gasteiger partial charge in [0.2, 0.25) is 5.91 Å². The molecule has 5 nitrogen and oxygen atoms in total. The maximum absolute atomic E-state index is 12.3. The van der Waals surface area contributed by atoms with Gasteiger partial charge in [0.05, 0.1) is 6.54 Å². The Morgan fingerprint density at radius 3 is 2.50 bits per heavy atom. The van der Waals surface area contributed by atoms with Crippen molar-refractivity contribution >= 4 is 35.8 Å². The summed E-state index contributed by atoms with van der Waals surface area (Å²) in [5.41, 5.74) is 2.34. The van der Waals surface area contributed by atoms with E-state index in [4.69, 9.17) is 0 Å². The molecule has 0 aromatic heterocycles. The summed E-state index contributed by atoms with van der Waals surface area (Å²) < 4.78 is 36.8. The van der Waals surface area contributed by atoms with Crippen LogP contribution in [0.5, 0.6) is 0 Å². The Hall–Kier alpha value is -1.52. The van der Waals surface area contributed by atoms with Crippen molar-refractivity contribution in [3.63, 3.8) is 0 Å². The van der Waals surface area contributed by atoms with Gasteiger partial charge in [0.25, 0.3) is 0 Å². The number of hydrogen-bond donors (Lipinski definition) is 2. The first kappa shape index (κ1) is 24.5. The van der Waals surface area contributed by atoms with E-state index in [0.717, 1.165) is 7.05 Å². The topological polar surface area (TPSA) is 56.7 Å². The lowest BCUT2D eigenvalue weighted by Gasteiger charge is -2.20. The van der Waals surface area contributed by atoms with Gasteiger partial charge in [0.1, 0.15) is 6.54 Å². The monoisotopic (exact) mass is 486 g/mol. The minimum atomic E-state index is -4.41. The second kappa shape index (κ2) is 11.2. The van der Waals surface area contributed by atoms with Crippen LogP contribution in [0.25, 0.3) is 0 Å². The first-order chi connectivity index (χ1) is 11.6. The van der Waals surface area contributed by atoms with E-state index in [0.29, 0.717) is 17.4 Å². The van der Waals surface area contributed by atoms with E-state index in [-0.39, 0.29) is 36.4 Å². The number of carbonyl (C=O) groups excluding carboxylic acids is 1. The molecule has 1 rings (SSSR count). The van der Waals surface area contributed by atoms with Crippen LogP contribution in [0.2, 0.25) is 0 Å². The van der Waals surface area contributed by atoms with Gasteiger partial charge < -0.3 is 15.5 Å². The van der Waals surface area contributed by atoms with Crippen molar-refractivity contribution in [1.29, 1.82) is 0 Å². The van der Waals surface area contributed by atoms with Crippen LogP contribution in [-0.4, -0.2) is 56.7 Å². The van der Waals surface area contributed by atoms with E-state index >= 15 is 0 Å². The third kappa shape index (κ3) is 9.25. The zero-order chi connectivity index (χ0) is 19.0. The van der Waals surface area contributed by atoms with Crippen LogP contribution in [0.4, 0.5) is 13.2 Å². The van der Waals surface area contributed by atoms with Gasteiger partial charge in [-0.1, -0.05) is 36.8 Å². The van der Waals surface area contributed by atoms with E-state index in [1.807, 2.05) is 25.1 Å². The lowest BCUT2D eigenvalue weighted by molar-refractivity contribution is -0.157. The minimum Gasteiger partial charge on any atom is -0.356 e. The molecule has 0 aliphatic rings. The summed E-state index contributed by atoms with van der Waals surface area (Å²) in [6.07, 6.45) is -4.41. The highest BCUT2D eigenvalue weighted by Gasteiger charge is 2.31. The largest absolute Gasteiger partial charge is 0.406 e. The lowest BCUT2D eigenvalue weighted by atomic mass is 9.99. The average Bonchev–Trinajstić information content (AvgIpc) is 2.52. The van der Waals surface area contributed by atoms with Gasteiger partial charge in [-0.2, -0.15) is 13.2 Å². The Labute approximate surface area is 169 Å². The molecule has 0 heterocycles. The summed E-state index contributed by atoms with van der Waals surface area (Å²) in [4.78, 5) is 16.3. The number of aliphatic imine (C=N–C) groups is 1. The quantitative estimate of drug-likeness (QED) is 0.370. The molecular weight excluding hydrogens is 460 g/mol. The summed E-state index contributed by atoms with van der Waals surface area (Å²) in [6, 6.07) is 8.14. The van der Waals surface area contributed by atoms with Gasteiger partial charge >= 0.3 is 6.18 Å². The number of alkyl halides is 3. The zero-order valence-electron chi connectivity index (χ0n) is 15.4. The van der Waals surface area contributed by atoms with Crippen molar-refractivity contribution in [2.75, 3.05) is 33.7 Å². The molecule has 26 heavy (non-hydrogen) atoms. The molecule has 1 amide bonds. The van der Waals surface area contributed by atoms with Crippen LogP contribution >= 0.6 is 24.0 Å². The molecule has 9 heteroatoms. The molecule has 1 aromatic rings. The van der Waals surface area contributed by atoms with E-state index in [1.54, 1.807) is 0 Å². The number of nitrogens with zero attached hydrogens (tertiary/aromatic N) is 2. The Kier molecular flexibility index (Phi) is 10.6. The van der Waals surface area contributed by atoms with Crippen molar-refractivity contribution in [3.8, 4) is 0 Å². The number of amides is 1. The van der Waals surface area contributed by atoms with E-state index in [2.05, 4.69) is 28.6 Å². The first-order valence-corrected chi connectivity index (χ1v) is 7.94. The molecule has 1 unspecified atom stereocenters. The number of carbonyl (C=O) groups is 1. The molecular formula is C17H26F3IN4O. The molecule has 1 atom stereocenters. The predicted octanol–water partition coefficient (Wildman–Crippen LogP) is 2.90. The third-order valence-corrected chi connectivity index (χ3v) is 3.66. The Morgan fingerprint density at radius 2 is 1.96 bits per heavy atom. The summed E-state index contributed by atoms with van der Waals surface area (Å²) in [6.45, 7) is 3.12. The van der Waals surface area contributed by atoms with E-state index < -0.39 is 18.6 Å². The van der Waals surface area contributed by atoms with E-state index in [1.165, 1.54) is 18.2 Å². The SMILES string of the molecule is CN=C(NCC(=O)N(C)CC(F)(F)F)NCC(C)c1cccc(C)c1.I. The molecule has 0 radical (unpaired) electrons. The van der Waals surface area contributed by atoms with Crippen LogP contribution in [0, 0.1) is 6.92 Å². The Morgan fingerprint density at radius 1 is 1.31 bits per heavy atom. The fourth-order valence-corrected chi connectivity index (χ4v) is 2.22. The molecule has 0 fully saturated rings. The number of rotatable bonds is 6. The van der Waals surface area contributed by atoms with Gasteiger partial charge in [-0.05, 0) is 18.4 Å². The number of guanidine groups is 1. The molecule has 0 saturated heterocycles. The molecule has 0 bridgehead atoms. The van der Waals surface area contributed by atoms with Crippen LogP contribution in [-0.2, 0) is 4.79 Å². The molecule has 1 aromatic carbocycles. The summed E-state index contributed by atoms with van der Waals surface area (Å²) >= 11 is 0. The standard InChI is InChI=1S/C17H25F3N4O.HI/c1-12-6-5-7-14(8-12)13(2)9-22-16(21-3)23-10-15(25)24(4)11-17(18,19)20;/h5-8,13H,9-11H2,1-4H3,(H2,21,22,23);1H. The Bertz CT molecular complexity index is 608. The third-order valence-electron chi connectivity index (χ3n) is 3.66. The average molecular weight is 486 g/mol. The van der Waals surface area contributed by atoms with Crippen molar-refractivity contribution in [3.05, 3.63) is 35.4 Å². The smallest absolute Gasteiger partial charge is 0.356 e. The maximum atomic E-state index is 12.3. The number of likely N-dealkylation sites (N-methyl/N-ethyl adjacent to an activating group) is 1. The van der Waals surface area contributed by atoms with Crippen LogP contribution in [0.1, 0.15) is 24.0 Å². The highest BCUT2D eigenvalue weighted by atomic mass is 127. The molecule has 0 spiro atoms. The highest BCUT2D eigenvalue weighted by molar-refractivity contribution is 14.0.